The third kappa shape index (κ3) is 4.18. The number of rotatable bonds is 5. The van der Waals surface area contributed by atoms with E-state index >= 15 is 0 Å². The van der Waals surface area contributed by atoms with Crippen LogP contribution in [0.15, 0.2) is 23.0 Å². The highest BCUT2D eigenvalue weighted by Crippen LogP contribution is 2.28. The molecule has 18 heavy (non-hydrogen) atoms. The number of halogens is 3. The van der Waals surface area contributed by atoms with E-state index < -0.39 is 17.4 Å². The minimum Gasteiger partial charge on any atom is -0.314 e. The summed E-state index contributed by atoms with van der Waals surface area (Å²) < 4.78 is 38.9. The molecule has 0 aliphatic heterocycles. The van der Waals surface area contributed by atoms with E-state index in [0.717, 1.165) is 22.8 Å². The van der Waals surface area contributed by atoms with Gasteiger partial charge in [-0.15, -0.1) is 0 Å². The number of hydrogen-bond acceptors (Lipinski definition) is 2. The van der Waals surface area contributed by atoms with Gasteiger partial charge < -0.3 is 9.88 Å². The van der Waals surface area contributed by atoms with E-state index in [1.165, 1.54) is 0 Å². The molecule has 1 aromatic rings. The number of nitrogens with zero attached hydrogens (tertiary/aromatic N) is 1. The van der Waals surface area contributed by atoms with Gasteiger partial charge in [-0.3, -0.25) is 4.79 Å². The Morgan fingerprint density at radius 1 is 1.33 bits per heavy atom. The van der Waals surface area contributed by atoms with Crippen molar-refractivity contribution in [1.82, 2.24) is 9.88 Å². The van der Waals surface area contributed by atoms with Gasteiger partial charge in [0.15, 0.2) is 0 Å². The third-order valence-corrected chi connectivity index (χ3v) is 2.45. The van der Waals surface area contributed by atoms with Gasteiger partial charge in [0.05, 0.1) is 0 Å². The van der Waals surface area contributed by atoms with Gasteiger partial charge in [-0.1, -0.05) is 19.9 Å². The molecule has 102 valence electrons. The van der Waals surface area contributed by atoms with Crippen LogP contribution in [0.4, 0.5) is 13.2 Å². The van der Waals surface area contributed by atoms with E-state index in [9.17, 15) is 18.0 Å². The minimum atomic E-state index is -4.49. The molecule has 0 saturated heterocycles. The van der Waals surface area contributed by atoms with Crippen molar-refractivity contribution in [3.05, 3.63) is 34.2 Å². The maximum atomic E-state index is 12.7. The lowest BCUT2D eigenvalue weighted by atomic mass is 10.3. The summed E-state index contributed by atoms with van der Waals surface area (Å²) in [7, 11) is 0. The molecule has 0 aliphatic rings. The van der Waals surface area contributed by atoms with Crippen LogP contribution in [0.25, 0.3) is 0 Å². The van der Waals surface area contributed by atoms with Crippen LogP contribution < -0.4 is 10.9 Å². The molecule has 0 atom stereocenters. The summed E-state index contributed by atoms with van der Waals surface area (Å²) in [5.74, 6) is 0. The summed E-state index contributed by atoms with van der Waals surface area (Å²) >= 11 is 0. The zero-order chi connectivity index (χ0) is 13.8. The van der Waals surface area contributed by atoms with E-state index in [1.54, 1.807) is 0 Å². The lowest BCUT2D eigenvalue weighted by Gasteiger charge is -2.15. The molecule has 0 aliphatic carbocycles. The first-order valence-electron chi connectivity index (χ1n) is 5.83. The Labute approximate surface area is 104 Å². The standard InChI is InChI=1S/C12H17F3N2O/c1-9(2)16-7-4-8-17-10(12(13,14)15)5-3-6-11(17)18/h3,5-6,9,16H,4,7-8H2,1-2H3. The average molecular weight is 262 g/mol. The molecule has 3 nitrogen and oxygen atoms in total. The molecule has 0 unspecified atom stereocenters. The Bertz CT molecular complexity index is 438. The molecule has 1 rings (SSSR count). The number of aromatic nitrogens is 1. The Hall–Kier alpha value is -1.30. The van der Waals surface area contributed by atoms with Crippen molar-refractivity contribution in [3.63, 3.8) is 0 Å². The average Bonchev–Trinajstić information content (AvgIpc) is 2.24. The molecule has 1 aromatic heterocycles. The van der Waals surface area contributed by atoms with Gasteiger partial charge in [0.25, 0.3) is 5.56 Å². The van der Waals surface area contributed by atoms with Crippen molar-refractivity contribution in [2.75, 3.05) is 6.54 Å². The highest BCUT2D eigenvalue weighted by molar-refractivity contribution is 5.10. The molecule has 6 heteroatoms. The monoisotopic (exact) mass is 262 g/mol. The van der Waals surface area contributed by atoms with Gasteiger partial charge in [0.1, 0.15) is 5.69 Å². The van der Waals surface area contributed by atoms with Crippen molar-refractivity contribution in [1.29, 1.82) is 0 Å². The van der Waals surface area contributed by atoms with Crippen molar-refractivity contribution in [2.45, 2.75) is 39.0 Å². The summed E-state index contributed by atoms with van der Waals surface area (Å²) in [4.78, 5) is 11.5. The van der Waals surface area contributed by atoms with Crippen LogP contribution in [0, 0.1) is 0 Å². The van der Waals surface area contributed by atoms with Crippen LogP contribution in [0.2, 0.25) is 0 Å². The second-order valence-corrected chi connectivity index (χ2v) is 4.36. The summed E-state index contributed by atoms with van der Waals surface area (Å²) in [6.07, 6.45) is -4.02. The first kappa shape index (κ1) is 14.8. The SMILES string of the molecule is CC(C)NCCCn1c(C(F)(F)F)cccc1=O. The van der Waals surface area contributed by atoms with E-state index in [-0.39, 0.29) is 12.6 Å². The second kappa shape index (κ2) is 6.04. The Morgan fingerprint density at radius 2 is 2.00 bits per heavy atom. The predicted octanol–water partition coefficient (Wildman–Crippen LogP) is 2.26. The Kier molecular flexibility index (Phi) is 4.95. The second-order valence-electron chi connectivity index (χ2n) is 4.36. The van der Waals surface area contributed by atoms with E-state index in [1.807, 2.05) is 13.8 Å². The van der Waals surface area contributed by atoms with Crippen LogP contribution in [0.1, 0.15) is 26.0 Å². The van der Waals surface area contributed by atoms with Crippen LogP contribution in [0.5, 0.6) is 0 Å². The molecular weight excluding hydrogens is 245 g/mol. The molecule has 1 heterocycles. The fourth-order valence-corrected chi connectivity index (χ4v) is 1.63. The number of hydrogen-bond donors (Lipinski definition) is 1. The maximum absolute atomic E-state index is 12.7. The molecule has 0 aromatic carbocycles. The smallest absolute Gasteiger partial charge is 0.314 e. The molecule has 0 bridgehead atoms. The zero-order valence-corrected chi connectivity index (χ0v) is 10.4. The molecular formula is C12H17F3N2O. The van der Waals surface area contributed by atoms with E-state index in [0.29, 0.717) is 13.0 Å². The number of nitrogens with one attached hydrogen (secondary N) is 1. The van der Waals surface area contributed by atoms with Crippen molar-refractivity contribution < 1.29 is 13.2 Å². The molecule has 1 N–H and O–H groups in total. The van der Waals surface area contributed by atoms with Gasteiger partial charge in [-0.2, -0.15) is 13.2 Å². The van der Waals surface area contributed by atoms with E-state index in [4.69, 9.17) is 0 Å². The molecule has 0 fully saturated rings. The quantitative estimate of drug-likeness (QED) is 0.826. The summed E-state index contributed by atoms with van der Waals surface area (Å²) in [6.45, 7) is 4.55. The van der Waals surface area contributed by atoms with Crippen LogP contribution in [0.3, 0.4) is 0 Å². The van der Waals surface area contributed by atoms with Crippen LogP contribution in [-0.2, 0) is 12.7 Å². The largest absolute Gasteiger partial charge is 0.431 e. The molecule has 0 saturated carbocycles. The first-order chi connectivity index (χ1) is 8.32. The topological polar surface area (TPSA) is 34.0 Å². The molecule has 0 amide bonds. The van der Waals surface area contributed by atoms with Gasteiger partial charge in [-0.25, -0.2) is 0 Å². The summed E-state index contributed by atoms with van der Waals surface area (Å²) in [6, 6.07) is 3.48. The normalized spacial score (nSPS) is 12.1. The van der Waals surface area contributed by atoms with Crippen LogP contribution in [-0.4, -0.2) is 17.2 Å². The van der Waals surface area contributed by atoms with Gasteiger partial charge >= 0.3 is 6.18 Å². The molecule has 0 radical (unpaired) electrons. The van der Waals surface area contributed by atoms with Crippen molar-refractivity contribution in [3.8, 4) is 0 Å². The van der Waals surface area contributed by atoms with Crippen molar-refractivity contribution >= 4 is 0 Å². The van der Waals surface area contributed by atoms with Gasteiger partial charge in [-0.05, 0) is 19.0 Å². The first-order valence-corrected chi connectivity index (χ1v) is 5.83. The predicted molar refractivity (Wildman–Crippen MR) is 63.5 cm³/mol. The highest BCUT2D eigenvalue weighted by atomic mass is 19.4. The summed E-state index contributed by atoms with van der Waals surface area (Å²) in [5, 5.41) is 3.10. The lowest BCUT2D eigenvalue weighted by molar-refractivity contribution is -0.144. The van der Waals surface area contributed by atoms with E-state index in [2.05, 4.69) is 5.32 Å². The van der Waals surface area contributed by atoms with Crippen LogP contribution >= 0.6 is 0 Å². The van der Waals surface area contributed by atoms with Gasteiger partial charge in [0.2, 0.25) is 0 Å². The molecule has 0 spiro atoms. The third-order valence-electron chi connectivity index (χ3n) is 2.45. The Morgan fingerprint density at radius 3 is 2.56 bits per heavy atom. The lowest BCUT2D eigenvalue weighted by Crippen LogP contribution is -2.30. The van der Waals surface area contributed by atoms with Gasteiger partial charge in [0, 0.05) is 18.7 Å². The van der Waals surface area contributed by atoms with Crippen molar-refractivity contribution in [2.24, 2.45) is 0 Å². The highest BCUT2D eigenvalue weighted by Gasteiger charge is 2.33. The fraction of sp³-hybridized carbons (Fsp3) is 0.583. The Balaban J connectivity index is 2.78. The maximum Gasteiger partial charge on any atom is 0.431 e. The summed E-state index contributed by atoms with van der Waals surface area (Å²) in [5.41, 5.74) is -1.51. The number of pyridine rings is 1. The fourth-order valence-electron chi connectivity index (χ4n) is 1.63. The zero-order valence-electron chi connectivity index (χ0n) is 10.4. The minimum absolute atomic E-state index is 0.0637. The number of alkyl halides is 3.